The topological polar surface area (TPSA) is 103 Å². The van der Waals surface area contributed by atoms with Crippen molar-refractivity contribution in [3.05, 3.63) is 30.3 Å². The minimum Gasteiger partial charge on any atom is -0.497 e. The third kappa shape index (κ3) is 2.13. The lowest BCUT2D eigenvalue weighted by atomic mass is 10.2. The van der Waals surface area contributed by atoms with E-state index in [-0.39, 0.29) is 0 Å². The molecule has 3 aromatic rings. The summed E-state index contributed by atoms with van der Waals surface area (Å²) in [6.45, 7) is 0. The van der Waals surface area contributed by atoms with Gasteiger partial charge in [-0.25, -0.2) is 0 Å². The highest BCUT2D eigenvalue weighted by Gasteiger charge is 2.12. The van der Waals surface area contributed by atoms with Crippen LogP contribution in [-0.4, -0.2) is 27.4 Å². The molecule has 2 heterocycles. The van der Waals surface area contributed by atoms with Gasteiger partial charge in [-0.1, -0.05) is 17.3 Å². The van der Waals surface area contributed by atoms with Crippen molar-refractivity contribution in [2.45, 2.75) is 0 Å². The fourth-order valence-corrected chi connectivity index (χ4v) is 1.66. The lowest BCUT2D eigenvalue weighted by molar-refractivity contribution is 0.414. The van der Waals surface area contributed by atoms with Crippen LogP contribution in [0.5, 0.6) is 5.75 Å². The summed E-state index contributed by atoms with van der Waals surface area (Å²) in [7, 11) is 1.61. The molecule has 0 saturated heterocycles. The molecule has 0 bridgehead atoms. The Kier molecular flexibility index (Phi) is 2.64. The Morgan fingerprint density at radius 2 is 2.21 bits per heavy atom. The highest BCUT2D eigenvalue weighted by molar-refractivity contribution is 5.60. The van der Waals surface area contributed by atoms with Gasteiger partial charge in [0.25, 0.3) is 5.89 Å². The van der Waals surface area contributed by atoms with Gasteiger partial charge in [-0.2, -0.15) is 10.1 Å². The summed E-state index contributed by atoms with van der Waals surface area (Å²) >= 11 is 0. The summed E-state index contributed by atoms with van der Waals surface area (Å²) < 4.78 is 10.3. The molecule has 0 fully saturated rings. The molecule has 7 heteroatoms. The summed E-state index contributed by atoms with van der Waals surface area (Å²) in [5, 5.41) is 10.4. The van der Waals surface area contributed by atoms with Gasteiger partial charge in [0.1, 0.15) is 17.3 Å². The molecule has 0 aliphatic rings. The Morgan fingerprint density at radius 1 is 1.32 bits per heavy atom. The lowest BCUT2D eigenvalue weighted by Crippen LogP contribution is -1.85. The van der Waals surface area contributed by atoms with Crippen molar-refractivity contribution in [2.24, 2.45) is 0 Å². The average molecular weight is 257 g/mol. The lowest BCUT2D eigenvalue weighted by Gasteiger charge is -1.99. The Hall–Kier alpha value is -2.83. The number of hydrogen-bond donors (Lipinski definition) is 2. The third-order valence-electron chi connectivity index (χ3n) is 2.58. The number of methoxy groups -OCH3 is 1. The second-order valence-electron chi connectivity index (χ2n) is 3.86. The smallest absolute Gasteiger partial charge is 0.276 e. The number of benzene rings is 1. The van der Waals surface area contributed by atoms with Crippen molar-refractivity contribution in [1.82, 2.24) is 20.3 Å². The van der Waals surface area contributed by atoms with E-state index >= 15 is 0 Å². The van der Waals surface area contributed by atoms with Crippen LogP contribution in [0.2, 0.25) is 0 Å². The van der Waals surface area contributed by atoms with Crippen molar-refractivity contribution in [2.75, 3.05) is 12.8 Å². The predicted molar refractivity (Wildman–Crippen MR) is 68.3 cm³/mol. The fourth-order valence-electron chi connectivity index (χ4n) is 1.66. The number of nitrogens with one attached hydrogen (secondary N) is 1. The van der Waals surface area contributed by atoms with Crippen LogP contribution in [0.4, 0.5) is 5.82 Å². The summed E-state index contributed by atoms with van der Waals surface area (Å²) in [6, 6.07) is 9.04. The first-order valence-electron chi connectivity index (χ1n) is 5.55. The van der Waals surface area contributed by atoms with Gasteiger partial charge in [0.2, 0.25) is 5.82 Å². The van der Waals surface area contributed by atoms with Gasteiger partial charge in [0.15, 0.2) is 0 Å². The molecular weight excluding hydrogens is 246 g/mol. The largest absolute Gasteiger partial charge is 0.497 e. The van der Waals surface area contributed by atoms with Crippen LogP contribution in [0.3, 0.4) is 0 Å². The Labute approximate surface area is 108 Å². The van der Waals surface area contributed by atoms with E-state index in [0.29, 0.717) is 23.2 Å². The van der Waals surface area contributed by atoms with Gasteiger partial charge < -0.3 is 15.0 Å². The zero-order valence-electron chi connectivity index (χ0n) is 10.1. The number of ether oxygens (including phenoxy) is 1. The standard InChI is InChI=1S/C12H11N5O2/c1-18-8-4-2-3-7(5-8)11-14-12(19-17-11)9-6-10(13)16-15-9/h2-6H,1H3,(H3,13,15,16). The zero-order valence-corrected chi connectivity index (χ0v) is 10.1. The average Bonchev–Trinajstić information content (AvgIpc) is 3.07. The van der Waals surface area contributed by atoms with E-state index in [2.05, 4.69) is 20.3 Å². The number of aromatic nitrogens is 4. The Bertz CT molecular complexity index is 703. The molecule has 1 aromatic carbocycles. The van der Waals surface area contributed by atoms with E-state index in [1.54, 1.807) is 13.2 Å². The second-order valence-corrected chi connectivity index (χ2v) is 3.86. The van der Waals surface area contributed by atoms with E-state index < -0.39 is 0 Å². The zero-order chi connectivity index (χ0) is 13.2. The maximum Gasteiger partial charge on any atom is 0.276 e. The fraction of sp³-hybridized carbons (Fsp3) is 0.0833. The van der Waals surface area contributed by atoms with Crippen molar-refractivity contribution < 1.29 is 9.26 Å². The number of aromatic amines is 1. The summed E-state index contributed by atoms with van der Waals surface area (Å²) in [4.78, 5) is 4.28. The summed E-state index contributed by atoms with van der Waals surface area (Å²) in [5.41, 5.74) is 6.91. The van der Waals surface area contributed by atoms with Crippen molar-refractivity contribution in [1.29, 1.82) is 0 Å². The van der Waals surface area contributed by atoms with E-state index in [1.165, 1.54) is 0 Å². The SMILES string of the molecule is COc1cccc(-c2noc(-c3cc(N)n[nH]3)n2)c1. The molecule has 2 aromatic heterocycles. The van der Waals surface area contributed by atoms with Crippen molar-refractivity contribution >= 4 is 5.82 Å². The minimum absolute atomic E-state index is 0.335. The number of H-pyrrole nitrogens is 1. The van der Waals surface area contributed by atoms with Crippen LogP contribution < -0.4 is 10.5 Å². The number of anilines is 1. The minimum atomic E-state index is 0.335. The van der Waals surface area contributed by atoms with Crippen LogP contribution in [0.1, 0.15) is 0 Å². The maximum atomic E-state index is 5.52. The van der Waals surface area contributed by atoms with Crippen LogP contribution in [0.25, 0.3) is 23.0 Å². The molecule has 3 N–H and O–H groups in total. The normalized spacial score (nSPS) is 10.6. The molecule has 0 aliphatic carbocycles. The van der Waals surface area contributed by atoms with E-state index in [1.807, 2.05) is 24.3 Å². The summed E-state index contributed by atoms with van der Waals surface area (Å²) in [6.07, 6.45) is 0. The van der Waals surface area contributed by atoms with Gasteiger partial charge in [-0.3, -0.25) is 5.10 Å². The van der Waals surface area contributed by atoms with Crippen LogP contribution in [0.15, 0.2) is 34.9 Å². The van der Waals surface area contributed by atoms with Crippen LogP contribution >= 0.6 is 0 Å². The number of nitrogens with zero attached hydrogens (tertiary/aromatic N) is 3. The van der Waals surface area contributed by atoms with E-state index in [9.17, 15) is 0 Å². The quantitative estimate of drug-likeness (QED) is 0.740. The highest BCUT2D eigenvalue weighted by Crippen LogP contribution is 2.24. The Balaban J connectivity index is 1.96. The van der Waals surface area contributed by atoms with Gasteiger partial charge >= 0.3 is 0 Å². The highest BCUT2D eigenvalue weighted by atomic mass is 16.5. The first-order chi connectivity index (χ1) is 9.26. The number of nitrogen functional groups attached to an aromatic ring is 1. The van der Waals surface area contributed by atoms with Gasteiger partial charge in [0.05, 0.1) is 7.11 Å². The van der Waals surface area contributed by atoms with Crippen molar-refractivity contribution in [3.63, 3.8) is 0 Å². The molecule has 3 rings (SSSR count). The molecule has 0 spiro atoms. The number of rotatable bonds is 3. The Morgan fingerprint density at radius 3 is 2.95 bits per heavy atom. The van der Waals surface area contributed by atoms with Crippen LogP contribution in [-0.2, 0) is 0 Å². The third-order valence-corrected chi connectivity index (χ3v) is 2.58. The molecule has 0 saturated carbocycles. The molecule has 0 atom stereocenters. The predicted octanol–water partition coefficient (Wildman–Crippen LogP) is 1.72. The van der Waals surface area contributed by atoms with Gasteiger partial charge in [0, 0.05) is 11.6 Å². The molecule has 0 unspecified atom stereocenters. The molecule has 0 radical (unpaired) electrons. The van der Waals surface area contributed by atoms with E-state index in [4.69, 9.17) is 15.0 Å². The molecule has 19 heavy (non-hydrogen) atoms. The monoisotopic (exact) mass is 257 g/mol. The number of hydrogen-bond acceptors (Lipinski definition) is 6. The molecule has 7 nitrogen and oxygen atoms in total. The molecule has 0 amide bonds. The molecule has 0 aliphatic heterocycles. The van der Waals surface area contributed by atoms with Crippen molar-refractivity contribution in [3.8, 4) is 28.7 Å². The molecular formula is C12H11N5O2. The first kappa shape index (κ1) is 11.3. The van der Waals surface area contributed by atoms with E-state index in [0.717, 1.165) is 11.3 Å². The number of nitrogens with two attached hydrogens (primary N) is 1. The van der Waals surface area contributed by atoms with Gasteiger partial charge in [-0.15, -0.1) is 0 Å². The molecule has 96 valence electrons. The maximum absolute atomic E-state index is 5.52. The second kappa shape index (κ2) is 4.45. The summed E-state index contributed by atoms with van der Waals surface area (Å²) in [5.74, 6) is 1.91. The van der Waals surface area contributed by atoms with Gasteiger partial charge in [-0.05, 0) is 12.1 Å². The van der Waals surface area contributed by atoms with Crippen LogP contribution in [0, 0.1) is 0 Å². The first-order valence-corrected chi connectivity index (χ1v) is 5.55.